The summed E-state index contributed by atoms with van der Waals surface area (Å²) >= 11 is 0. The van der Waals surface area contributed by atoms with Crippen molar-refractivity contribution in [2.24, 2.45) is 11.8 Å². The predicted octanol–water partition coefficient (Wildman–Crippen LogP) is 2.55. The van der Waals surface area contributed by atoms with Crippen LogP contribution >= 0.6 is 0 Å². The SMILES string of the molecule is N#Cc1ccncc1NC(C1CC1)C1CC1. The first kappa shape index (κ1) is 9.65. The fraction of sp³-hybridized carbons (Fsp3) is 0.538. The second-order valence-electron chi connectivity index (χ2n) is 4.88. The second-order valence-corrected chi connectivity index (χ2v) is 4.88. The van der Waals surface area contributed by atoms with Gasteiger partial charge in [0.15, 0.2) is 0 Å². The van der Waals surface area contributed by atoms with E-state index in [1.165, 1.54) is 25.7 Å². The lowest BCUT2D eigenvalue weighted by atomic mass is 10.1. The molecular formula is C13H15N3. The molecule has 3 heteroatoms. The number of hydrogen-bond acceptors (Lipinski definition) is 3. The molecule has 1 aromatic rings. The molecule has 2 aliphatic rings. The first-order valence-corrected chi connectivity index (χ1v) is 5.99. The molecule has 0 saturated heterocycles. The third-order valence-electron chi connectivity index (χ3n) is 3.52. The van der Waals surface area contributed by atoms with E-state index in [0.717, 1.165) is 17.5 Å². The zero-order chi connectivity index (χ0) is 11.0. The van der Waals surface area contributed by atoms with Crippen molar-refractivity contribution < 1.29 is 0 Å². The van der Waals surface area contributed by atoms with Crippen LogP contribution in [0.3, 0.4) is 0 Å². The molecule has 0 bridgehead atoms. The van der Waals surface area contributed by atoms with E-state index in [0.29, 0.717) is 11.6 Å². The minimum absolute atomic E-state index is 0.580. The Hall–Kier alpha value is -1.56. The second kappa shape index (κ2) is 3.79. The van der Waals surface area contributed by atoms with E-state index in [1.54, 1.807) is 18.5 Å². The molecule has 0 spiro atoms. The average molecular weight is 213 g/mol. The molecule has 2 fully saturated rings. The maximum atomic E-state index is 9.02. The van der Waals surface area contributed by atoms with Crippen LogP contribution in [-0.2, 0) is 0 Å². The van der Waals surface area contributed by atoms with Crippen molar-refractivity contribution in [3.63, 3.8) is 0 Å². The summed E-state index contributed by atoms with van der Waals surface area (Å²) in [5, 5.41) is 12.6. The molecule has 1 heterocycles. The van der Waals surface area contributed by atoms with E-state index < -0.39 is 0 Å². The predicted molar refractivity (Wildman–Crippen MR) is 61.8 cm³/mol. The van der Waals surface area contributed by atoms with Gasteiger partial charge >= 0.3 is 0 Å². The summed E-state index contributed by atoms with van der Waals surface area (Å²) in [6.45, 7) is 0. The van der Waals surface area contributed by atoms with Crippen LogP contribution in [0.4, 0.5) is 5.69 Å². The standard InChI is InChI=1S/C13H15N3/c14-7-11-5-6-15-8-12(11)16-13(9-1-2-9)10-3-4-10/h5-6,8-10,13,16H,1-4H2. The van der Waals surface area contributed by atoms with E-state index in [4.69, 9.17) is 5.26 Å². The number of nitrogens with one attached hydrogen (secondary N) is 1. The van der Waals surface area contributed by atoms with Gasteiger partial charge in [-0.3, -0.25) is 4.98 Å². The van der Waals surface area contributed by atoms with Gasteiger partial charge in [0, 0.05) is 12.2 Å². The van der Waals surface area contributed by atoms with Crippen molar-refractivity contribution in [2.45, 2.75) is 31.7 Å². The monoisotopic (exact) mass is 213 g/mol. The van der Waals surface area contributed by atoms with Gasteiger partial charge in [-0.05, 0) is 43.6 Å². The Labute approximate surface area is 95.5 Å². The Morgan fingerprint density at radius 3 is 2.56 bits per heavy atom. The summed E-state index contributed by atoms with van der Waals surface area (Å²) in [4.78, 5) is 4.09. The van der Waals surface area contributed by atoms with Crippen molar-refractivity contribution in [1.82, 2.24) is 4.98 Å². The van der Waals surface area contributed by atoms with Gasteiger partial charge < -0.3 is 5.32 Å². The molecule has 82 valence electrons. The average Bonchev–Trinajstić information content (AvgIpc) is 3.18. The lowest BCUT2D eigenvalue weighted by Gasteiger charge is -2.19. The van der Waals surface area contributed by atoms with Crippen molar-refractivity contribution in [1.29, 1.82) is 5.26 Å². The first-order valence-electron chi connectivity index (χ1n) is 5.99. The highest BCUT2D eigenvalue weighted by molar-refractivity contribution is 5.56. The molecule has 0 unspecified atom stereocenters. The van der Waals surface area contributed by atoms with Crippen LogP contribution in [0, 0.1) is 23.2 Å². The van der Waals surface area contributed by atoms with Crippen LogP contribution in [0.2, 0.25) is 0 Å². The number of nitriles is 1. The number of rotatable bonds is 4. The van der Waals surface area contributed by atoms with Crippen LogP contribution in [0.5, 0.6) is 0 Å². The number of hydrogen-bond donors (Lipinski definition) is 1. The summed E-state index contributed by atoms with van der Waals surface area (Å²) in [7, 11) is 0. The maximum absolute atomic E-state index is 9.02. The summed E-state index contributed by atoms with van der Waals surface area (Å²) in [5.74, 6) is 1.67. The van der Waals surface area contributed by atoms with Crippen molar-refractivity contribution in [3.05, 3.63) is 24.0 Å². The minimum atomic E-state index is 0.580. The van der Waals surface area contributed by atoms with Gasteiger partial charge in [0.05, 0.1) is 17.4 Å². The Balaban J connectivity index is 1.79. The fourth-order valence-corrected chi connectivity index (χ4v) is 2.32. The Morgan fingerprint density at radius 1 is 1.31 bits per heavy atom. The molecule has 0 aliphatic heterocycles. The third kappa shape index (κ3) is 1.88. The number of pyridine rings is 1. The highest BCUT2D eigenvalue weighted by Gasteiger charge is 2.41. The molecule has 0 atom stereocenters. The molecule has 0 amide bonds. The molecule has 1 N–H and O–H groups in total. The molecule has 0 radical (unpaired) electrons. The smallest absolute Gasteiger partial charge is 0.101 e. The van der Waals surface area contributed by atoms with E-state index in [9.17, 15) is 0 Å². The summed E-state index contributed by atoms with van der Waals surface area (Å²) in [6.07, 6.45) is 8.82. The van der Waals surface area contributed by atoms with Crippen molar-refractivity contribution >= 4 is 5.69 Å². The number of anilines is 1. The van der Waals surface area contributed by atoms with Crippen LogP contribution in [0.25, 0.3) is 0 Å². The highest BCUT2D eigenvalue weighted by Crippen LogP contribution is 2.45. The molecule has 16 heavy (non-hydrogen) atoms. The quantitative estimate of drug-likeness (QED) is 0.836. The maximum Gasteiger partial charge on any atom is 0.101 e. The third-order valence-corrected chi connectivity index (χ3v) is 3.52. The van der Waals surface area contributed by atoms with E-state index in [1.807, 2.05) is 0 Å². The lowest BCUT2D eigenvalue weighted by molar-refractivity contribution is 0.567. The molecule has 1 aromatic heterocycles. The molecule has 0 aromatic carbocycles. The lowest BCUT2D eigenvalue weighted by Crippen LogP contribution is -2.24. The van der Waals surface area contributed by atoms with Crippen LogP contribution < -0.4 is 5.32 Å². The van der Waals surface area contributed by atoms with Gasteiger partial charge in [0.25, 0.3) is 0 Å². The topological polar surface area (TPSA) is 48.7 Å². The van der Waals surface area contributed by atoms with Crippen LogP contribution in [0.1, 0.15) is 31.2 Å². The summed E-state index contributed by atoms with van der Waals surface area (Å²) < 4.78 is 0. The summed E-state index contributed by atoms with van der Waals surface area (Å²) in [6, 6.07) is 4.57. The van der Waals surface area contributed by atoms with Gasteiger partial charge in [0.2, 0.25) is 0 Å². The van der Waals surface area contributed by atoms with Crippen LogP contribution in [0.15, 0.2) is 18.5 Å². The Bertz CT molecular complexity index is 415. The van der Waals surface area contributed by atoms with E-state index in [2.05, 4.69) is 16.4 Å². The van der Waals surface area contributed by atoms with Crippen molar-refractivity contribution in [2.75, 3.05) is 5.32 Å². The van der Waals surface area contributed by atoms with Gasteiger partial charge in [-0.2, -0.15) is 5.26 Å². The van der Waals surface area contributed by atoms with E-state index >= 15 is 0 Å². The number of nitrogens with zero attached hydrogens (tertiary/aromatic N) is 2. The van der Waals surface area contributed by atoms with Crippen molar-refractivity contribution in [3.8, 4) is 6.07 Å². The minimum Gasteiger partial charge on any atom is -0.379 e. The fourth-order valence-electron chi connectivity index (χ4n) is 2.32. The van der Waals surface area contributed by atoms with Gasteiger partial charge in [0.1, 0.15) is 6.07 Å². The van der Waals surface area contributed by atoms with Crippen LogP contribution in [-0.4, -0.2) is 11.0 Å². The Morgan fingerprint density at radius 2 is 2.00 bits per heavy atom. The van der Waals surface area contributed by atoms with Gasteiger partial charge in [-0.25, -0.2) is 0 Å². The molecule has 3 nitrogen and oxygen atoms in total. The van der Waals surface area contributed by atoms with Gasteiger partial charge in [-0.15, -0.1) is 0 Å². The summed E-state index contributed by atoms with van der Waals surface area (Å²) in [5.41, 5.74) is 1.62. The largest absolute Gasteiger partial charge is 0.379 e. The Kier molecular flexibility index (Phi) is 2.28. The van der Waals surface area contributed by atoms with E-state index in [-0.39, 0.29) is 0 Å². The zero-order valence-corrected chi connectivity index (χ0v) is 9.19. The molecule has 3 rings (SSSR count). The molecular weight excluding hydrogens is 198 g/mol. The van der Waals surface area contributed by atoms with Gasteiger partial charge in [-0.1, -0.05) is 0 Å². The first-order chi connectivity index (χ1) is 7.88. The molecule has 2 aliphatic carbocycles. The highest BCUT2D eigenvalue weighted by atomic mass is 15.0. The zero-order valence-electron chi connectivity index (χ0n) is 9.19. The molecule has 2 saturated carbocycles. The normalized spacial score (nSPS) is 19.5. The number of aromatic nitrogens is 1.